The zero-order valence-corrected chi connectivity index (χ0v) is 21.5. The van der Waals surface area contributed by atoms with Crippen LogP contribution in [0.25, 0.3) is 10.9 Å². The van der Waals surface area contributed by atoms with E-state index in [1.807, 2.05) is 24.3 Å². The first-order valence-electron chi connectivity index (χ1n) is 12.6. The number of benzene rings is 2. The number of rotatable bonds is 9. The molecule has 202 valence electrons. The lowest BCUT2D eigenvalue weighted by atomic mass is 9.81. The van der Waals surface area contributed by atoms with Gasteiger partial charge in [-0.3, -0.25) is 9.88 Å². The van der Waals surface area contributed by atoms with Crippen LogP contribution in [0, 0.1) is 41.1 Å². The molecule has 9 heteroatoms. The van der Waals surface area contributed by atoms with Gasteiger partial charge in [0.05, 0.1) is 37.9 Å². The number of hydrogen-bond donors (Lipinski definition) is 2. The Bertz CT molecular complexity index is 1310. The van der Waals surface area contributed by atoms with Gasteiger partial charge in [0, 0.05) is 30.8 Å². The average Bonchev–Trinajstić information content (AvgIpc) is 2.93. The number of hydrogen-bond acceptors (Lipinski definition) is 6. The highest BCUT2D eigenvalue weighted by Crippen LogP contribution is 2.33. The quantitative estimate of drug-likeness (QED) is 0.241. The Morgan fingerprint density at radius 3 is 2.76 bits per heavy atom. The maximum atomic E-state index is 13.9. The van der Waals surface area contributed by atoms with Crippen molar-refractivity contribution in [2.24, 2.45) is 11.8 Å². The number of piperidine rings is 1. The first-order valence-corrected chi connectivity index (χ1v) is 12.6. The van der Waals surface area contributed by atoms with Crippen LogP contribution < -0.4 is 10.2 Å². The molecule has 2 heterocycles. The molecule has 6 nitrogen and oxygen atoms in total. The number of aliphatic hydroxyl groups excluding tert-OH is 1. The number of likely N-dealkylation sites (tertiary alicyclic amines) is 1. The molecule has 0 amide bonds. The highest BCUT2D eigenvalue weighted by molar-refractivity contribution is 5.84. The highest BCUT2D eigenvalue weighted by Gasteiger charge is 2.29. The molecule has 1 aromatic heterocycles. The van der Waals surface area contributed by atoms with E-state index in [1.165, 1.54) is 0 Å². The lowest BCUT2D eigenvalue weighted by Crippen LogP contribution is -2.42. The summed E-state index contributed by atoms with van der Waals surface area (Å²) in [6, 6.07) is 9.08. The molecule has 0 spiro atoms. The predicted octanol–water partition coefficient (Wildman–Crippen LogP) is 4.62. The highest BCUT2D eigenvalue weighted by atomic mass is 19.2. The third-order valence-electron chi connectivity index (χ3n) is 7.17. The van der Waals surface area contributed by atoms with Gasteiger partial charge in [-0.05, 0) is 73.5 Å². The summed E-state index contributed by atoms with van der Waals surface area (Å²) in [7, 11) is 3.23. The van der Waals surface area contributed by atoms with Gasteiger partial charge in [0.15, 0.2) is 11.6 Å². The number of aliphatic hydroxyl groups is 1. The van der Waals surface area contributed by atoms with Crippen LogP contribution in [0.2, 0.25) is 0 Å². The van der Waals surface area contributed by atoms with Crippen molar-refractivity contribution in [1.29, 1.82) is 0 Å². The largest absolute Gasteiger partial charge is 0.497 e. The Labute approximate surface area is 220 Å². The monoisotopic (exact) mass is 527 g/mol. The number of nitrogens with zero attached hydrogens (tertiary/aromatic N) is 2. The topological polar surface area (TPSA) is 66.9 Å². The number of aromatic nitrogens is 1. The Morgan fingerprint density at radius 1 is 1.16 bits per heavy atom. The van der Waals surface area contributed by atoms with Gasteiger partial charge in [0.1, 0.15) is 11.6 Å². The first kappa shape index (κ1) is 27.9. The van der Waals surface area contributed by atoms with Crippen molar-refractivity contribution < 1.29 is 27.9 Å². The van der Waals surface area contributed by atoms with Gasteiger partial charge in [-0.2, -0.15) is 5.48 Å². The third-order valence-corrected chi connectivity index (χ3v) is 7.17. The number of pyridine rings is 1. The Hall–Kier alpha value is -3.16. The number of halogens is 3. The van der Waals surface area contributed by atoms with Crippen LogP contribution in [0.3, 0.4) is 0 Å². The Kier molecular flexibility index (Phi) is 9.58. The zero-order chi connectivity index (χ0) is 27.1. The molecule has 0 aliphatic carbocycles. The van der Waals surface area contributed by atoms with Crippen LogP contribution in [0.15, 0.2) is 42.6 Å². The van der Waals surface area contributed by atoms with Crippen LogP contribution in [0.4, 0.5) is 13.2 Å². The van der Waals surface area contributed by atoms with E-state index in [0.717, 1.165) is 54.1 Å². The predicted molar refractivity (Wildman–Crippen MR) is 139 cm³/mol. The van der Waals surface area contributed by atoms with E-state index in [4.69, 9.17) is 9.57 Å². The lowest BCUT2D eigenvalue weighted by molar-refractivity contribution is 0.0444. The van der Waals surface area contributed by atoms with Crippen molar-refractivity contribution in [2.45, 2.75) is 25.3 Å². The fourth-order valence-corrected chi connectivity index (χ4v) is 5.16. The zero-order valence-electron chi connectivity index (χ0n) is 21.5. The molecule has 0 bridgehead atoms. The molecule has 2 aromatic carbocycles. The van der Waals surface area contributed by atoms with E-state index in [9.17, 15) is 18.3 Å². The Morgan fingerprint density at radius 2 is 2.00 bits per heavy atom. The van der Waals surface area contributed by atoms with Gasteiger partial charge in [0.25, 0.3) is 0 Å². The molecule has 1 aliphatic heterocycles. The number of methoxy groups -OCH3 is 1. The second kappa shape index (κ2) is 13.1. The van der Waals surface area contributed by atoms with Crippen molar-refractivity contribution >= 4 is 10.9 Å². The normalized spacial score (nSPS) is 18.7. The van der Waals surface area contributed by atoms with Gasteiger partial charge >= 0.3 is 0 Å². The fraction of sp³-hybridized carbons (Fsp3) is 0.414. The van der Waals surface area contributed by atoms with Crippen molar-refractivity contribution in [2.75, 3.05) is 40.5 Å². The fourth-order valence-electron chi connectivity index (χ4n) is 5.16. The van der Waals surface area contributed by atoms with Crippen LogP contribution in [-0.4, -0.2) is 55.5 Å². The van der Waals surface area contributed by atoms with Crippen LogP contribution in [-0.2, 0) is 4.84 Å². The second-order valence-electron chi connectivity index (χ2n) is 9.51. The van der Waals surface area contributed by atoms with Gasteiger partial charge < -0.3 is 14.7 Å². The van der Waals surface area contributed by atoms with Gasteiger partial charge in [-0.1, -0.05) is 11.8 Å². The molecule has 4 rings (SSSR count). The number of ether oxygens (including phenoxy) is 1. The molecule has 38 heavy (non-hydrogen) atoms. The van der Waals surface area contributed by atoms with E-state index in [1.54, 1.807) is 20.4 Å². The summed E-state index contributed by atoms with van der Waals surface area (Å²) in [4.78, 5) is 11.9. The van der Waals surface area contributed by atoms with Gasteiger partial charge in [-0.15, -0.1) is 0 Å². The SMILES string of the molecule is CONC(CC[C@@H]1CCN(CC#Cc2cc(F)cc(F)c2F)C[C@@H]1CO)c1ccnc2ccc(OC)cc12. The van der Waals surface area contributed by atoms with Crippen molar-refractivity contribution in [1.82, 2.24) is 15.4 Å². The molecule has 1 saturated heterocycles. The minimum Gasteiger partial charge on any atom is -0.497 e. The summed E-state index contributed by atoms with van der Waals surface area (Å²) < 4.78 is 46.1. The van der Waals surface area contributed by atoms with Gasteiger partial charge in [-0.25, -0.2) is 13.2 Å². The van der Waals surface area contributed by atoms with Crippen molar-refractivity contribution in [3.63, 3.8) is 0 Å². The summed E-state index contributed by atoms with van der Waals surface area (Å²) in [5.41, 5.74) is 4.75. The maximum Gasteiger partial charge on any atom is 0.174 e. The van der Waals surface area contributed by atoms with Crippen molar-refractivity contribution in [3.05, 3.63) is 71.2 Å². The standard InChI is InChI=1S/C29H32F3N3O3/c1-37-23-6-8-27-25(16-23)24(9-11-33-27)28(34-38-2)7-5-19-10-13-35(17-21(19)18-36)12-3-4-20-14-22(30)15-26(31)29(20)32/h6,8-9,11,14-16,19,21,28,34,36H,5,7,10,12-13,17-18H2,1-2H3/t19-,21-,28?/m1/s1. The molecule has 0 saturated carbocycles. The third kappa shape index (κ3) is 6.63. The molecule has 3 atom stereocenters. The van der Waals surface area contributed by atoms with Crippen LogP contribution in [0.5, 0.6) is 5.75 Å². The Balaban J connectivity index is 1.40. The van der Waals surface area contributed by atoms with Gasteiger partial charge in [0.2, 0.25) is 0 Å². The maximum absolute atomic E-state index is 13.9. The van der Waals surface area contributed by atoms with E-state index in [-0.39, 0.29) is 24.1 Å². The van der Waals surface area contributed by atoms with Crippen molar-refractivity contribution in [3.8, 4) is 17.6 Å². The molecule has 0 radical (unpaired) electrons. The lowest BCUT2D eigenvalue weighted by Gasteiger charge is -2.37. The summed E-state index contributed by atoms with van der Waals surface area (Å²) in [5.74, 6) is 3.18. The summed E-state index contributed by atoms with van der Waals surface area (Å²) in [6.07, 6.45) is 4.30. The molecular formula is C29H32F3N3O3. The number of fused-ring (bicyclic) bond motifs is 1. The average molecular weight is 528 g/mol. The van der Waals surface area contributed by atoms with E-state index in [2.05, 4.69) is 27.2 Å². The smallest absolute Gasteiger partial charge is 0.174 e. The van der Waals surface area contributed by atoms with E-state index in [0.29, 0.717) is 25.1 Å². The van der Waals surface area contributed by atoms with E-state index < -0.39 is 17.5 Å². The molecule has 2 N–H and O–H groups in total. The molecule has 3 aromatic rings. The minimum atomic E-state index is -1.25. The molecule has 1 fully saturated rings. The summed E-state index contributed by atoms with van der Waals surface area (Å²) >= 11 is 0. The first-order chi connectivity index (χ1) is 18.4. The molecule has 1 unspecified atom stereocenters. The number of nitrogens with one attached hydrogen (secondary N) is 1. The molecular weight excluding hydrogens is 495 g/mol. The minimum absolute atomic E-state index is 0.0378. The summed E-state index contributed by atoms with van der Waals surface area (Å²) in [6.45, 7) is 1.75. The molecule has 1 aliphatic rings. The van der Waals surface area contributed by atoms with E-state index >= 15 is 0 Å². The van der Waals surface area contributed by atoms with Crippen LogP contribution in [0.1, 0.15) is 36.4 Å². The summed E-state index contributed by atoms with van der Waals surface area (Å²) in [5, 5.41) is 11.1. The van der Waals surface area contributed by atoms with Crippen LogP contribution >= 0.6 is 0 Å². The second-order valence-corrected chi connectivity index (χ2v) is 9.51. The number of hydroxylamine groups is 1.